The molecule has 2 N–H and O–H groups in total. The van der Waals surface area contributed by atoms with Crippen molar-refractivity contribution in [2.24, 2.45) is 0 Å². The molecule has 90 valence electrons. The van der Waals surface area contributed by atoms with Crippen LogP contribution in [0.1, 0.15) is 32.1 Å². The molecule has 0 bridgehead atoms. The van der Waals surface area contributed by atoms with Crippen molar-refractivity contribution in [1.82, 2.24) is 0 Å². The molecule has 0 aromatic heterocycles. The molecule has 1 amide bonds. The Morgan fingerprint density at radius 3 is 2.71 bits per heavy atom. The number of rotatable bonds is 0. The zero-order valence-electron chi connectivity index (χ0n) is 9.55. The molecule has 0 saturated heterocycles. The fraction of sp³-hybridized carbons (Fsp3) is 0.462. The molecule has 1 heterocycles. The number of anilines is 2. The average molecular weight is 234 g/mol. The molecule has 4 heteroatoms. The van der Waals surface area contributed by atoms with Crippen LogP contribution in [0.2, 0.25) is 0 Å². The first-order valence-electron chi connectivity index (χ1n) is 6.05. The van der Waals surface area contributed by atoms with Crippen LogP contribution >= 0.6 is 0 Å². The molecule has 1 spiro atoms. The summed E-state index contributed by atoms with van der Waals surface area (Å²) in [6.45, 7) is 0. The predicted octanol–water partition coefficient (Wildman–Crippen LogP) is 2.89. The fourth-order valence-electron chi connectivity index (χ4n) is 2.91. The van der Waals surface area contributed by atoms with Gasteiger partial charge in [0.25, 0.3) is 0 Å². The minimum atomic E-state index is -0.326. The molecule has 1 fully saturated rings. The number of fused-ring (bicyclic) bond motifs is 1. The Bertz CT molecular complexity index is 466. The molecule has 2 aliphatic rings. The Morgan fingerprint density at radius 2 is 1.94 bits per heavy atom. The summed E-state index contributed by atoms with van der Waals surface area (Å²) in [4.78, 5) is 11.8. The van der Waals surface area contributed by atoms with Crippen molar-refractivity contribution in [2.45, 2.75) is 37.6 Å². The van der Waals surface area contributed by atoms with Crippen LogP contribution in [0, 0.1) is 5.82 Å². The van der Waals surface area contributed by atoms with Crippen molar-refractivity contribution in [3.8, 4) is 0 Å². The standard InChI is InChI=1S/C13H15FN2O/c14-9-3-4-10-11(7-9)15-12(17)8-13(16-10)5-1-2-6-13/h3-4,7,16H,1-2,5-6,8H2,(H,15,17). The molecule has 0 atom stereocenters. The molecule has 1 aliphatic carbocycles. The van der Waals surface area contributed by atoms with Gasteiger partial charge in [-0.2, -0.15) is 0 Å². The number of benzene rings is 1. The normalized spacial score (nSPS) is 21.6. The third-order valence-electron chi connectivity index (χ3n) is 3.72. The van der Waals surface area contributed by atoms with E-state index in [2.05, 4.69) is 10.6 Å². The maximum atomic E-state index is 13.1. The third kappa shape index (κ3) is 1.88. The van der Waals surface area contributed by atoms with Gasteiger partial charge in [-0.3, -0.25) is 4.79 Å². The largest absolute Gasteiger partial charge is 0.377 e. The minimum Gasteiger partial charge on any atom is -0.377 e. The second-order valence-electron chi connectivity index (χ2n) is 5.03. The topological polar surface area (TPSA) is 41.1 Å². The Balaban J connectivity index is 2.01. The number of halogens is 1. The van der Waals surface area contributed by atoms with Crippen LogP contribution in [0.5, 0.6) is 0 Å². The van der Waals surface area contributed by atoms with Gasteiger partial charge >= 0.3 is 0 Å². The lowest BCUT2D eigenvalue weighted by molar-refractivity contribution is -0.117. The first kappa shape index (κ1) is 10.6. The van der Waals surface area contributed by atoms with Gasteiger partial charge in [0.15, 0.2) is 0 Å². The van der Waals surface area contributed by atoms with E-state index in [1.165, 1.54) is 12.1 Å². The molecular weight excluding hydrogens is 219 g/mol. The summed E-state index contributed by atoms with van der Waals surface area (Å²) in [5.41, 5.74) is 1.27. The lowest BCUT2D eigenvalue weighted by Crippen LogP contribution is -2.36. The maximum Gasteiger partial charge on any atom is 0.226 e. The van der Waals surface area contributed by atoms with Crippen molar-refractivity contribution >= 4 is 17.3 Å². The molecule has 1 saturated carbocycles. The Hall–Kier alpha value is -1.58. The van der Waals surface area contributed by atoms with Crippen molar-refractivity contribution < 1.29 is 9.18 Å². The van der Waals surface area contributed by atoms with Crippen LogP contribution in [0.3, 0.4) is 0 Å². The summed E-state index contributed by atoms with van der Waals surface area (Å²) in [5, 5.41) is 6.22. The zero-order valence-corrected chi connectivity index (χ0v) is 9.55. The number of carbonyl (C=O) groups excluding carboxylic acids is 1. The number of hydrogen-bond acceptors (Lipinski definition) is 2. The van der Waals surface area contributed by atoms with E-state index in [0.717, 1.165) is 31.4 Å². The molecule has 0 unspecified atom stereocenters. The molecule has 1 aromatic rings. The van der Waals surface area contributed by atoms with Crippen LogP contribution in [-0.4, -0.2) is 11.4 Å². The Kier molecular flexibility index (Phi) is 2.31. The summed E-state index contributed by atoms with van der Waals surface area (Å²) in [6.07, 6.45) is 4.80. The first-order chi connectivity index (χ1) is 8.17. The first-order valence-corrected chi connectivity index (χ1v) is 6.05. The minimum absolute atomic E-state index is 0.0243. The van der Waals surface area contributed by atoms with Crippen molar-refractivity contribution in [3.63, 3.8) is 0 Å². The van der Waals surface area contributed by atoms with Gasteiger partial charge in [0.05, 0.1) is 11.4 Å². The summed E-state index contributed by atoms with van der Waals surface area (Å²) in [7, 11) is 0. The van der Waals surface area contributed by atoms with E-state index in [1.54, 1.807) is 6.07 Å². The number of amides is 1. The monoisotopic (exact) mass is 234 g/mol. The third-order valence-corrected chi connectivity index (χ3v) is 3.72. The lowest BCUT2D eigenvalue weighted by atomic mass is 9.93. The summed E-state index contributed by atoms with van der Waals surface area (Å²) in [5.74, 6) is -0.350. The fourth-order valence-corrected chi connectivity index (χ4v) is 2.91. The van der Waals surface area contributed by atoms with Gasteiger partial charge in [0.1, 0.15) is 5.82 Å². The highest BCUT2D eigenvalue weighted by Gasteiger charge is 2.38. The van der Waals surface area contributed by atoms with E-state index < -0.39 is 0 Å². The van der Waals surface area contributed by atoms with Crippen LogP contribution in [0.15, 0.2) is 18.2 Å². The second kappa shape index (κ2) is 3.72. The average Bonchev–Trinajstić information content (AvgIpc) is 2.64. The molecular formula is C13H15FN2O. The molecule has 1 aliphatic heterocycles. The van der Waals surface area contributed by atoms with Gasteiger partial charge in [-0.1, -0.05) is 12.8 Å². The van der Waals surface area contributed by atoms with Gasteiger partial charge in [0, 0.05) is 12.0 Å². The lowest BCUT2D eigenvalue weighted by Gasteiger charge is -2.28. The van der Waals surface area contributed by atoms with Gasteiger partial charge in [0.2, 0.25) is 5.91 Å². The predicted molar refractivity (Wildman–Crippen MR) is 64.5 cm³/mol. The van der Waals surface area contributed by atoms with Crippen LogP contribution in [0.4, 0.5) is 15.8 Å². The van der Waals surface area contributed by atoms with E-state index in [1.807, 2.05) is 0 Å². The highest BCUT2D eigenvalue weighted by molar-refractivity contribution is 5.97. The molecule has 3 rings (SSSR count). The molecule has 3 nitrogen and oxygen atoms in total. The number of hydrogen-bond donors (Lipinski definition) is 2. The van der Waals surface area contributed by atoms with Gasteiger partial charge < -0.3 is 10.6 Å². The summed E-state index contributed by atoms with van der Waals surface area (Å²) < 4.78 is 13.1. The van der Waals surface area contributed by atoms with E-state index in [4.69, 9.17) is 0 Å². The Morgan fingerprint density at radius 1 is 1.18 bits per heavy atom. The van der Waals surface area contributed by atoms with Gasteiger partial charge in [-0.25, -0.2) is 4.39 Å². The number of carbonyl (C=O) groups is 1. The van der Waals surface area contributed by atoms with E-state index in [-0.39, 0.29) is 17.3 Å². The second-order valence-corrected chi connectivity index (χ2v) is 5.03. The van der Waals surface area contributed by atoms with E-state index >= 15 is 0 Å². The van der Waals surface area contributed by atoms with Crippen molar-refractivity contribution in [2.75, 3.05) is 10.6 Å². The summed E-state index contributed by atoms with van der Waals surface area (Å²) in [6, 6.07) is 4.50. The number of nitrogens with one attached hydrogen (secondary N) is 2. The molecule has 17 heavy (non-hydrogen) atoms. The van der Waals surface area contributed by atoms with E-state index in [0.29, 0.717) is 12.1 Å². The zero-order chi connectivity index (χ0) is 11.9. The highest BCUT2D eigenvalue weighted by atomic mass is 19.1. The van der Waals surface area contributed by atoms with E-state index in [9.17, 15) is 9.18 Å². The molecule has 1 aromatic carbocycles. The van der Waals surface area contributed by atoms with Gasteiger partial charge in [-0.05, 0) is 31.0 Å². The quantitative estimate of drug-likeness (QED) is 0.724. The Labute approximate surface area is 99.4 Å². The highest BCUT2D eigenvalue weighted by Crippen LogP contribution is 2.40. The SMILES string of the molecule is O=C1CC2(CCCC2)Nc2ccc(F)cc2N1. The van der Waals surface area contributed by atoms with Crippen LogP contribution < -0.4 is 10.6 Å². The van der Waals surface area contributed by atoms with Crippen molar-refractivity contribution in [1.29, 1.82) is 0 Å². The maximum absolute atomic E-state index is 13.1. The smallest absolute Gasteiger partial charge is 0.226 e. The van der Waals surface area contributed by atoms with Gasteiger partial charge in [-0.15, -0.1) is 0 Å². The molecule has 0 radical (unpaired) electrons. The van der Waals surface area contributed by atoms with Crippen LogP contribution in [0.25, 0.3) is 0 Å². The summed E-state index contributed by atoms with van der Waals surface area (Å²) >= 11 is 0. The van der Waals surface area contributed by atoms with Crippen LogP contribution in [-0.2, 0) is 4.79 Å². The van der Waals surface area contributed by atoms with Crippen molar-refractivity contribution in [3.05, 3.63) is 24.0 Å².